The lowest BCUT2D eigenvalue weighted by Crippen LogP contribution is -2.39. The molecule has 14 rings (SSSR count). The van der Waals surface area contributed by atoms with E-state index in [1.165, 1.54) is 49.3 Å². The third-order valence-electron chi connectivity index (χ3n) is 19.1. The minimum Gasteiger partial charge on any atom is -0.477 e. The predicted molar refractivity (Wildman–Crippen MR) is 364 cm³/mol. The summed E-state index contributed by atoms with van der Waals surface area (Å²) < 4.78 is 79.6. The second-order valence-corrected chi connectivity index (χ2v) is 26.7. The topological polar surface area (TPSA) is 360 Å². The third-order valence-corrected chi connectivity index (χ3v) is 19.1. The highest BCUT2D eigenvalue weighted by atomic mass is 16.8. The van der Waals surface area contributed by atoms with E-state index >= 15 is 0 Å². The first-order chi connectivity index (χ1) is 48.4. The van der Waals surface area contributed by atoms with Crippen LogP contribution in [0.15, 0.2) is 97.0 Å². The van der Waals surface area contributed by atoms with E-state index in [1.54, 1.807) is 72.8 Å². The predicted octanol–water partition coefficient (Wildman–Crippen LogP) is 8.91. The number of rotatable bonds is 7. The van der Waals surface area contributed by atoms with Crippen LogP contribution in [0, 0.1) is 0 Å². The Morgan fingerprint density at radius 3 is 1.17 bits per heavy atom. The number of carbonyl (C=O) groups excluding carboxylic acids is 4. The van der Waals surface area contributed by atoms with Gasteiger partial charge in [-0.15, -0.1) is 0 Å². The van der Waals surface area contributed by atoms with E-state index in [-0.39, 0.29) is 63.2 Å². The van der Waals surface area contributed by atoms with Crippen molar-refractivity contribution in [3.05, 3.63) is 132 Å². The second kappa shape index (κ2) is 36.7. The average Bonchev–Trinajstić information content (AvgIpc) is 1.42. The standard InChI is InChI=1S/C18H26N2O5.C15H19NO5.C14H17NO5.C8H15NO2.C8H12O3.C7H6O4.C2H6/c1-17(2,3)25-16(22)19-14-5-4-10-20(15(14)21)13-6-8-18(9-7-13)23-11-12-24-18;1-19-14(18)12-3-2-8-16(13(12)17)11-4-6-15(7-5-11)20-9-10-21-15;16-12-11(13(17)18)2-1-7-15(12)10-3-5-14(6-4-10)19-8-9-20-14;2*9-7-1-3-8(4-2-7)10-5-6-11-8;1-10-6(8)5-3-2-4-11-7(5)9;1-2/h4-5,10,13H,6-9,11-12H2,1-3H3,(H,19,22);2-3,8,11H,4-7,9-10H2,1H3;1-2,7,10H,3-6,8-9H2,(H,17,18);7H,1-6,9H2;1-6H2;2-4H,1H3;1-2H3. The van der Waals surface area contributed by atoms with Crippen molar-refractivity contribution in [2.24, 2.45) is 5.73 Å². The van der Waals surface area contributed by atoms with E-state index in [9.17, 15) is 43.2 Å². The molecule has 1 amide bonds. The molecule has 29 nitrogen and oxygen atoms in total. The molecule has 5 aliphatic heterocycles. The summed E-state index contributed by atoms with van der Waals surface area (Å²) in [5, 5.41) is 11.6. The molecule has 5 saturated heterocycles. The summed E-state index contributed by atoms with van der Waals surface area (Å²) in [6.07, 6.45) is 21.8. The van der Waals surface area contributed by atoms with Crippen molar-refractivity contribution < 1.29 is 95.1 Å². The van der Waals surface area contributed by atoms with Gasteiger partial charge in [-0.2, -0.15) is 0 Å². The van der Waals surface area contributed by atoms with E-state index in [0.717, 1.165) is 129 Å². The lowest BCUT2D eigenvalue weighted by molar-refractivity contribution is -0.181. The number of ether oxygens (including phenoxy) is 13. The monoisotopic (exact) mass is 1420 g/mol. The van der Waals surface area contributed by atoms with Gasteiger partial charge >= 0.3 is 29.6 Å². The van der Waals surface area contributed by atoms with Gasteiger partial charge in [0.2, 0.25) is 0 Å². The maximum Gasteiger partial charge on any atom is 0.412 e. The quantitative estimate of drug-likeness (QED) is 0.115. The first-order valence-corrected chi connectivity index (χ1v) is 35.2. The van der Waals surface area contributed by atoms with E-state index < -0.39 is 58.1 Å². The van der Waals surface area contributed by atoms with Crippen LogP contribution in [0.2, 0.25) is 0 Å². The van der Waals surface area contributed by atoms with Crippen LogP contribution in [0.25, 0.3) is 0 Å². The Labute approximate surface area is 586 Å². The molecule has 9 heterocycles. The summed E-state index contributed by atoms with van der Waals surface area (Å²) in [6, 6.07) is 12.8. The number of aromatic carboxylic acids is 1. The number of amides is 1. The zero-order chi connectivity index (χ0) is 72.9. The van der Waals surface area contributed by atoms with Crippen molar-refractivity contribution in [1.29, 1.82) is 0 Å². The number of nitrogens with two attached hydrogens (primary N) is 1. The van der Waals surface area contributed by atoms with Crippen molar-refractivity contribution in [3.63, 3.8) is 0 Å². The van der Waals surface area contributed by atoms with Crippen molar-refractivity contribution in [2.75, 3.05) is 85.6 Å². The number of esters is 2. The molecule has 29 heteroatoms. The number of nitrogens with zero attached hydrogens (tertiary/aromatic N) is 3. The van der Waals surface area contributed by atoms with Gasteiger partial charge < -0.3 is 90.5 Å². The first-order valence-electron chi connectivity index (χ1n) is 35.2. The van der Waals surface area contributed by atoms with Crippen molar-refractivity contribution in [3.8, 4) is 0 Å². The fourth-order valence-corrected chi connectivity index (χ4v) is 13.8. The molecule has 5 spiro atoms. The maximum absolute atomic E-state index is 12.7. The molecule has 0 radical (unpaired) electrons. The number of hydrogen-bond acceptors (Lipinski definition) is 24. The highest BCUT2D eigenvalue weighted by Crippen LogP contribution is 2.43. The summed E-state index contributed by atoms with van der Waals surface area (Å²) in [7, 11) is 2.48. The largest absolute Gasteiger partial charge is 0.477 e. The van der Waals surface area contributed by atoms with E-state index in [0.29, 0.717) is 77.5 Å². The average molecular weight is 1420 g/mol. The van der Waals surface area contributed by atoms with Crippen LogP contribution in [0.3, 0.4) is 0 Å². The van der Waals surface area contributed by atoms with Crippen LogP contribution in [0.1, 0.15) is 212 Å². The first kappa shape index (κ1) is 79.4. The van der Waals surface area contributed by atoms with E-state index in [1.807, 2.05) is 13.8 Å². The number of carboxylic acids is 1. The molecular weight excluding hydrogens is 1320 g/mol. The van der Waals surface area contributed by atoms with Gasteiger partial charge in [-0.1, -0.05) is 13.8 Å². The smallest absolute Gasteiger partial charge is 0.412 e. The highest BCUT2D eigenvalue weighted by molar-refractivity contribution is 5.89. The molecule has 4 aromatic rings. The Morgan fingerprint density at radius 1 is 0.475 bits per heavy atom. The summed E-state index contributed by atoms with van der Waals surface area (Å²) in [4.78, 5) is 104. The lowest BCUT2D eigenvalue weighted by atomic mass is 9.89. The Hall–Kier alpha value is -7.29. The molecule has 0 aromatic carbocycles. The number of pyridine rings is 3. The summed E-state index contributed by atoms with van der Waals surface area (Å²) in [5.41, 5.74) is 3.57. The Morgan fingerprint density at radius 2 is 0.802 bits per heavy atom. The van der Waals surface area contributed by atoms with Gasteiger partial charge in [0, 0.05) is 120 Å². The number of anilines is 1. The van der Waals surface area contributed by atoms with Gasteiger partial charge in [-0.3, -0.25) is 24.5 Å². The molecule has 5 aliphatic carbocycles. The van der Waals surface area contributed by atoms with Crippen molar-refractivity contribution in [1.82, 2.24) is 13.7 Å². The highest BCUT2D eigenvalue weighted by Gasteiger charge is 2.45. The SMILES string of the molecule is CC.CC(C)(C)OC(=O)Nc1cccn(C2CCC3(CC2)OCCO3)c1=O.COC(=O)c1cccn(C2CCC3(CC2)OCCO3)c1=O.COC(=O)c1cccoc1=O.NC1CCC2(CC1)OCCO2.O=C(O)c1cccn(C2CCC3(CC2)OCCO3)c1=O.O=C1CCC2(CC1)OCCO2. The minimum atomic E-state index is -1.18. The number of nitrogens with one attached hydrogen (secondary N) is 1. The molecule has 0 unspecified atom stereocenters. The molecular formula is C72H101N5O24. The summed E-state index contributed by atoms with van der Waals surface area (Å²) in [6.45, 7) is 16.0. The number of Topliss-reactive ketones (excluding diaryl/α,β-unsaturated/α-hetero) is 1. The number of aromatic nitrogens is 3. The van der Waals surface area contributed by atoms with Crippen LogP contribution in [-0.2, 0) is 66.4 Å². The van der Waals surface area contributed by atoms with Crippen LogP contribution >= 0.6 is 0 Å². The van der Waals surface area contributed by atoms with Gasteiger partial charge in [0.05, 0.1) is 86.6 Å². The third kappa shape index (κ3) is 21.7. The van der Waals surface area contributed by atoms with Gasteiger partial charge in [-0.05, 0) is 121 Å². The Balaban J connectivity index is 0.000000158. The second-order valence-electron chi connectivity index (χ2n) is 26.7. The maximum atomic E-state index is 12.7. The molecule has 0 atom stereocenters. The van der Waals surface area contributed by atoms with Crippen molar-refractivity contribution in [2.45, 2.75) is 222 Å². The minimum absolute atomic E-state index is 0.0141. The summed E-state index contributed by atoms with van der Waals surface area (Å²) in [5.74, 6) is -4.07. The zero-order valence-corrected chi connectivity index (χ0v) is 59.2. The fourth-order valence-electron chi connectivity index (χ4n) is 13.8. The van der Waals surface area contributed by atoms with Crippen LogP contribution in [0.4, 0.5) is 10.5 Å². The normalized spacial score (nSPS) is 23.3. The molecule has 4 N–H and O–H groups in total. The number of carbonyl (C=O) groups is 5. The number of carboxylic acid groups (broad SMARTS) is 1. The van der Waals surface area contributed by atoms with Crippen LogP contribution in [-0.4, -0.2) is 169 Å². The lowest BCUT2D eigenvalue weighted by Gasteiger charge is -2.36. The van der Waals surface area contributed by atoms with Gasteiger partial charge in [0.1, 0.15) is 33.8 Å². The molecule has 10 fully saturated rings. The van der Waals surface area contributed by atoms with E-state index in [2.05, 4.69) is 19.2 Å². The molecule has 4 aromatic heterocycles. The fraction of sp³-hybridized carbons (Fsp3) is 0.653. The summed E-state index contributed by atoms with van der Waals surface area (Å²) >= 11 is 0. The molecule has 558 valence electrons. The molecule has 101 heavy (non-hydrogen) atoms. The van der Waals surface area contributed by atoms with Crippen LogP contribution < -0.4 is 33.4 Å². The van der Waals surface area contributed by atoms with Gasteiger partial charge in [0.15, 0.2) is 28.9 Å². The Kier molecular flexibility index (Phi) is 28.9. The number of hydrogen-bond donors (Lipinski definition) is 3. The zero-order valence-electron chi connectivity index (χ0n) is 59.2. The van der Waals surface area contributed by atoms with Crippen LogP contribution in [0.5, 0.6) is 0 Å². The van der Waals surface area contributed by atoms with E-state index in [4.69, 9.17) is 62.9 Å². The van der Waals surface area contributed by atoms with Crippen molar-refractivity contribution >= 4 is 35.5 Å². The number of methoxy groups -OCH3 is 2. The molecule has 5 saturated carbocycles. The molecule has 0 bridgehead atoms. The van der Waals surface area contributed by atoms with Gasteiger partial charge in [-0.25, -0.2) is 24.0 Å². The van der Waals surface area contributed by atoms with Gasteiger partial charge in [0.25, 0.3) is 16.7 Å². The number of ketones is 1. The Bertz CT molecular complexity index is 3570. The molecule has 10 aliphatic rings.